The van der Waals surface area contributed by atoms with Gasteiger partial charge in [0, 0.05) is 10.6 Å². The minimum Gasteiger partial charge on any atom is -0.388 e. The van der Waals surface area contributed by atoms with E-state index < -0.39 is 11.9 Å². The van der Waals surface area contributed by atoms with E-state index in [-0.39, 0.29) is 5.56 Å². The summed E-state index contributed by atoms with van der Waals surface area (Å²) in [6.07, 6.45) is -0.541. The van der Waals surface area contributed by atoms with E-state index in [1.54, 1.807) is 0 Å². The Morgan fingerprint density at radius 1 is 1.54 bits per heavy atom. The molecule has 0 spiro atoms. The van der Waals surface area contributed by atoms with Crippen LogP contribution in [0.15, 0.2) is 18.2 Å². The smallest absolute Gasteiger partial charge is 0.129 e. The van der Waals surface area contributed by atoms with Crippen molar-refractivity contribution in [2.75, 3.05) is 6.54 Å². The summed E-state index contributed by atoms with van der Waals surface area (Å²) >= 11 is 5.65. The van der Waals surface area contributed by atoms with Gasteiger partial charge >= 0.3 is 0 Å². The summed E-state index contributed by atoms with van der Waals surface area (Å²) in [5.74, 6) is -0.453. The van der Waals surface area contributed by atoms with Gasteiger partial charge in [0.2, 0.25) is 0 Å². The van der Waals surface area contributed by atoms with Crippen LogP contribution in [0.3, 0.4) is 0 Å². The van der Waals surface area contributed by atoms with Crippen molar-refractivity contribution in [2.24, 2.45) is 5.73 Å². The van der Waals surface area contributed by atoms with Gasteiger partial charge in [0.25, 0.3) is 0 Å². The summed E-state index contributed by atoms with van der Waals surface area (Å²) in [5.41, 5.74) is 5.45. The molecule has 0 aliphatic rings. The van der Waals surface area contributed by atoms with Crippen molar-refractivity contribution >= 4 is 11.6 Å². The number of aliphatic hydroxyl groups excluding tert-OH is 1. The van der Waals surface area contributed by atoms with Crippen LogP contribution >= 0.6 is 11.6 Å². The lowest BCUT2D eigenvalue weighted by molar-refractivity contribution is 0.165. The van der Waals surface area contributed by atoms with Gasteiger partial charge in [0.05, 0.1) is 6.10 Å². The highest BCUT2D eigenvalue weighted by atomic mass is 35.5. The van der Waals surface area contributed by atoms with Crippen LogP contribution in [0.1, 0.15) is 18.1 Å². The molecular formula is C9H11ClFNO. The molecule has 0 heterocycles. The van der Waals surface area contributed by atoms with E-state index in [9.17, 15) is 9.50 Å². The third kappa shape index (κ3) is 2.66. The first kappa shape index (κ1) is 10.4. The maximum Gasteiger partial charge on any atom is 0.129 e. The standard InChI is InChI=1S/C9H11ClFNO/c10-6-1-2-8(11)7(5-6)9(13)3-4-12/h1-2,5,9,13H,3-4,12H2. The Labute approximate surface area is 81.1 Å². The third-order valence-electron chi connectivity index (χ3n) is 1.76. The highest BCUT2D eigenvalue weighted by Gasteiger charge is 2.11. The average Bonchev–Trinajstić information content (AvgIpc) is 2.09. The van der Waals surface area contributed by atoms with Gasteiger partial charge in [-0.15, -0.1) is 0 Å². The zero-order valence-corrected chi connectivity index (χ0v) is 7.76. The topological polar surface area (TPSA) is 46.2 Å². The minimum absolute atomic E-state index is 0.206. The van der Waals surface area contributed by atoms with Gasteiger partial charge in [0.1, 0.15) is 5.82 Å². The van der Waals surface area contributed by atoms with Crippen LogP contribution in [0, 0.1) is 5.82 Å². The number of nitrogens with two attached hydrogens (primary N) is 1. The van der Waals surface area contributed by atoms with Gasteiger partial charge in [-0.1, -0.05) is 11.6 Å². The Kier molecular flexibility index (Phi) is 3.66. The van der Waals surface area contributed by atoms with Crippen molar-refractivity contribution in [3.8, 4) is 0 Å². The highest BCUT2D eigenvalue weighted by molar-refractivity contribution is 6.30. The molecule has 0 fully saturated rings. The summed E-state index contributed by atoms with van der Waals surface area (Å²) in [5, 5.41) is 9.86. The molecule has 0 radical (unpaired) electrons. The van der Waals surface area contributed by atoms with Crippen LogP contribution < -0.4 is 5.73 Å². The van der Waals surface area contributed by atoms with E-state index in [0.717, 1.165) is 0 Å². The van der Waals surface area contributed by atoms with Crippen molar-refractivity contribution in [1.29, 1.82) is 0 Å². The third-order valence-corrected chi connectivity index (χ3v) is 1.99. The summed E-state index contributed by atoms with van der Waals surface area (Å²) in [6.45, 7) is 0.313. The molecule has 0 amide bonds. The predicted molar refractivity (Wildman–Crippen MR) is 50.0 cm³/mol. The molecular weight excluding hydrogens is 193 g/mol. The number of hydrogen-bond donors (Lipinski definition) is 2. The number of hydrogen-bond acceptors (Lipinski definition) is 2. The fourth-order valence-corrected chi connectivity index (χ4v) is 1.26. The molecule has 1 aromatic carbocycles. The quantitative estimate of drug-likeness (QED) is 0.788. The fraction of sp³-hybridized carbons (Fsp3) is 0.333. The van der Waals surface area contributed by atoms with E-state index in [4.69, 9.17) is 17.3 Å². The molecule has 0 aromatic heterocycles. The lowest BCUT2D eigenvalue weighted by Crippen LogP contribution is -2.08. The van der Waals surface area contributed by atoms with Gasteiger partial charge in [-0.2, -0.15) is 0 Å². The molecule has 1 unspecified atom stereocenters. The van der Waals surface area contributed by atoms with Crippen LogP contribution in [0.25, 0.3) is 0 Å². The molecule has 2 nitrogen and oxygen atoms in total. The largest absolute Gasteiger partial charge is 0.388 e. The van der Waals surface area contributed by atoms with Crippen molar-refractivity contribution in [3.63, 3.8) is 0 Å². The zero-order chi connectivity index (χ0) is 9.84. The molecule has 72 valence electrons. The molecule has 0 aliphatic heterocycles. The van der Waals surface area contributed by atoms with Gasteiger partial charge in [-0.05, 0) is 31.2 Å². The lowest BCUT2D eigenvalue weighted by atomic mass is 10.1. The first-order chi connectivity index (χ1) is 6.15. The van der Waals surface area contributed by atoms with Crippen LogP contribution in [0.2, 0.25) is 5.02 Å². The van der Waals surface area contributed by atoms with E-state index in [0.29, 0.717) is 18.0 Å². The Hall–Kier alpha value is -0.640. The lowest BCUT2D eigenvalue weighted by Gasteiger charge is -2.10. The number of halogens is 2. The Morgan fingerprint density at radius 3 is 2.85 bits per heavy atom. The van der Waals surface area contributed by atoms with Crippen molar-refractivity contribution < 1.29 is 9.50 Å². The minimum atomic E-state index is -0.872. The predicted octanol–water partition coefficient (Wildman–Crippen LogP) is 1.86. The second-order valence-corrected chi connectivity index (χ2v) is 3.20. The summed E-state index contributed by atoms with van der Waals surface area (Å²) < 4.78 is 13.1. The van der Waals surface area contributed by atoms with Crippen molar-refractivity contribution in [3.05, 3.63) is 34.6 Å². The van der Waals surface area contributed by atoms with E-state index in [2.05, 4.69) is 0 Å². The van der Waals surface area contributed by atoms with Crippen molar-refractivity contribution in [2.45, 2.75) is 12.5 Å². The molecule has 0 bridgehead atoms. The average molecular weight is 204 g/mol. The number of rotatable bonds is 3. The molecule has 0 aliphatic carbocycles. The molecule has 4 heteroatoms. The van der Waals surface area contributed by atoms with Gasteiger partial charge in [-0.25, -0.2) is 4.39 Å². The summed E-state index contributed by atoms with van der Waals surface area (Å²) in [6, 6.07) is 4.09. The SMILES string of the molecule is NCCC(O)c1cc(Cl)ccc1F. The number of benzene rings is 1. The Morgan fingerprint density at radius 2 is 2.23 bits per heavy atom. The van der Waals surface area contributed by atoms with Crippen LogP contribution in [0.4, 0.5) is 4.39 Å². The molecule has 1 atom stereocenters. The maximum absolute atomic E-state index is 13.1. The van der Waals surface area contributed by atoms with Crippen LogP contribution in [0.5, 0.6) is 0 Å². The van der Waals surface area contributed by atoms with Crippen LogP contribution in [-0.2, 0) is 0 Å². The van der Waals surface area contributed by atoms with E-state index in [1.165, 1.54) is 18.2 Å². The molecule has 1 rings (SSSR count). The normalized spacial score (nSPS) is 12.9. The van der Waals surface area contributed by atoms with Gasteiger partial charge in [0.15, 0.2) is 0 Å². The van der Waals surface area contributed by atoms with Crippen LogP contribution in [-0.4, -0.2) is 11.7 Å². The van der Waals surface area contributed by atoms with Crippen molar-refractivity contribution in [1.82, 2.24) is 0 Å². The summed E-state index contributed by atoms with van der Waals surface area (Å²) in [7, 11) is 0. The Bertz CT molecular complexity index is 293. The fourth-order valence-electron chi connectivity index (χ4n) is 1.08. The van der Waals surface area contributed by atoms with Gasteiger partial charge in [-0.3, -0.25) is 0 Å². The molecule has 0 saturated heterocycles. The highest BCUT2D eigenvalue weighted by Crippen LogP contribution is 2.22. The summed E-state index contributed by atoms with van der Waals surface area (Å²) in [4.78, 5) is 0. The van der Waals surface area contributed by atoms with E-state index in [1.807, 2.05) is 0 Å². The zero-order valence-electron chi connectivity index (χ0n) is 7.00. The maximum atomic E-state index is 13.1. The monoisotopic (exact) mass is 203 g/mol. The first-order valence-electron chi connectivity index (χ1n) is 3.98. The Balaban J connectivity index is 2.91. The molecule has 0 saturated carbocycles. The van der Waals surface area contributed by atoms with E-state index >= 15 is 0 Å². The first-order valence-corrected chi connectivity index (χ1v) is 4.36. The number of aliphatic hydroxyl groups is 1. The molecule has 1 aromatic rings. The molecule has 13 heavy (non-hydrogen) atoms. The molecule has 3 N–H and O–H groups in total. The second kappa shape index (κ2) is 4.56. The second-order valence-electron chi connectivity index (χ2n) is 2.76. The van der Waals surface area contributed by atoms with Gasteiger partial charge < -0.3 is 10.8 Å².